The average Bonchev–Trinajstić information content (AvgIpc) is 2.93. The zero-order valence-corrected chi connectivity index (χ0v) is 22.9. The molecule has 0 fully saturated rings. The van der Waals surface area contributed by atoms with Crippen molar-refractivity contribution in [3.05, 3.63) is 91.0 Å². The molecule has 3 rings (SSSR count). The van der Waals surface area contributed by atoms with E-state index in [0.29, 0.717) is 25.9 Å². The fourth-order valence-electron chi connectivity index (χ4n) is 4.28. The molecular formula is C27H37O6PSi. The van der Waals surface area contributed by atoms with E-state index in [2.05, 4.69) is 91.0 Å². The van der Waals surface area contributed by atoms with E-state index in [4.69, 9.17) is 28.4 Å². The summed E-state index contributed by atoms with van der Waals surface area (Å²) in [6, 6.07) is 32.9. The van der Waals surface area contributed by atoms with Crippen LogP contribution in [0, 0.1) is 0 Å². The summed E-state index contributed by atoms with van der Waals surface area (Å²) in [4.78, 5) is 15.9. The van der Waals surface area contributed by atoms with E-state index in [9.17, 15) is 0 Å². The third-order valence-corrected chi connectivity index (χ3v) is 12.9. The molecule has 0 bridgehead atoms. The molecule has 0 saturated heterocycles. The molecule has 6 nitrogen and oxygen atoms in total. The standard InChI is InChI=1S/C27H37O6PSi/c1-4-28-31-35(32-29-5-2,33-30-6-3)24-16-23-34(25-17-10-7-11-18-25,26-19-12-8-13-20-26)27-21-14-9-15-22-27/h7-15,17-22,34H,4-6,16,23-24H2,1-3H3. The number of rotatable bonds is 16. The van der Waals surface area contributed by atoms with Crippen molar-refractivity contribution in [1.82, 2.24) is 0 Å². The van der Waals surface area contributed by atoms with Gasteiger partial charge in [-0.25, -0.2) is 0 Å². The molecule has 0 atom stereocenters. The second-order valence-corrected chi connectivity index (χ2v) is 14.4. The van der Waals surface area contributed by atoms with Crippen molar-refractivity contribution in [3.63, 3.8) is 0 Å². The molecule has 0 saturated carbocycles. The van der Waals surface area contributed by atoms with Crippen LogP contribution in [0.3, 0.4) is 0 Å². The van der Waals surface area contributed by atoms with Crippen LogP contribution in [0.4, 0.5) is 0 Å². The van der Waals surface area contributed by atoms with E-state index < -0.39 is 16.1 Å². The van der Waals surface area contributed by atoms with Crippen LogP contribution in [0.1, 0.15) is 27.2 Å². The topological polar surface area (TPSA) is 55.4 Å². The zero-order chi connectivity index (χ0) is 24.8. The Morgan fingerprint density at radius 3 is 1.20 bits per heavy atom. The number of benzene rings is 3. The Bertz CT molecular complexity index is 843. The summed E-state index contributed by atoms with van der Waals surface area (Å²) in [5.41, 5.74) is 0. The van der Waals surface area contributed by atoms with E-state index in [0.717, 1.165) is 12.6 Å². The maximum atomic E-state index is 5.67. The van der Waals surface area contributed by atoms with Gasteiger partial charge in [0.1, 0.15) is 0 Å². The molecule has 190 valence electrons. The fourth-order valence-corrected chi connectivity index (χ4v) is 11.3. The summed E-state index contributed by atoms with van der Waals surface area (Å²) in [6.45, 7) is 6.61. The van der Waals surface area contributed by atoms with E-state index in [1.807, 2.05) is 20.8 Å². The monoisotopic (exact) mass is 516 g/mol. The van der Waals surface area contributed by atoms with Gasteiger partial charge in [-0.15, -0.1) is 0 Å². The Labute approximate surface area is 210 Å². The number of hydrogen-bond acceptors (Lipinski definition) is 6. The summed E-state index contributed by atoms with van der Waals surface area (Å²) >= 11 is 0. The van der Waals surface area contributed by atoms with Gasteiger partial charge >= 0.3 is 211 Å². The Morgan fingerprint density at radius 1 is 0.543 bits per heavy atom. The molecule has 3 aromatic carbocycles. The first kappa shape index (κ1) is 27.7. The molecule has 3 aromatic rings. The van der Waals surface area contributed by atoms with Crippen LogP contribution < -0.4 is 15.9 Å². The van der Waals surface area contributed by atoms with E-state index in [-0.39, 0.29) is 0 Å². The predicted octanol–water partition coefficient (Wildman–Crippen LogP) is 4.95. The van der Waals surface area contributed by atoms with Crippen molar-refractivity contribution in [2.24, 2.45) is 0 Å². The quantitative estimate of drug-likeness (QED) is 0.116. The van der Waals surface area contributed by atoms with Crippen molar-refractivity contribution < 1.29 is 28.4 Å². The Balaban J connectivity index is 2.00. The summed E-state index contributed by atoms with van der Waals surface area (Å²) in [6.07, 6.45) is 1.69. The van der Waals surface area contributed by atoms with Crippen LogP contribution in [-0.2, 0) is 28.4 Å². The van der Waals surface area contributed by atoms with Gasteiger partial charge in [0.25, 0.3) is 0 Å². The van der Waals surface area contributed by atoms with Crippen LogP contribution in [-0.4, -0.2) is 34.8 Å². The van der Waals surface area contributed by atoms with E-state index >= 15 is 0 Å². The van der Waals surface area contributed by atoms with Crippen molar-refractivity contribution in [1.29, 1.82) is 0 Å². The molecule has 0 spiro atoms. The van der Waals surface area contributed by atoms with Crippen LogP contribution >= 0.6 is 7.26 Å². The Morgan fingerprint density at radius 2 is 0.886 bits per heavy atom. The van der Waals surface area contributed by atoms with Crippen molar-refractivity contribution in [2.45, 2.75) is 33.2 Å². The minimum atomic E-state index is -3.41. The van der Waals surface area contributed by atoms with Crippen molar-refractivity contribution in [3.8, 4) is 0 Å². The summed E-state index contributed by atoms with van der Waals surface area (Å²) in [5, 5.41) is 4.06. The van der Waals surface area contributed by atoms with Gasteiger partial charge in [-0.1, -0.05) is 0 Å². The molecule has 0 aliphatic rings. The van der Waals surface area contributed by atoms with Gasteiger partial charge in [0.05, 0.1) is 0 Å². The molecule has 0 aliphatic carbocycles. The zero-order valence-electron chi connectivity index (χ0n) is 20.9. The van der Waals surface area contributed by atoms with Gasteiger partial charge in [-0.3, -0.25) is 0 Å². The molecular weight excluding hydrogens is 479 g/mol. The molecule has 0 unspecified atom stereocenters. The van der Waals surface area contributed by atoms with E-state index in [1.165, 1.54) is 15.9 Å². The molecule has 0 aromatic heterocycles. The van der Waals surface area contributed by atoms with Gasteiger partial charge < -0.3 is 0 Å². The normalized spacial score (nSPS) is 12.5. The Hall–Kier alpha value is -1.93. The number of hydrogen-bond donors (Lipinski definition) is 0. The summed E-state index contributed by atoms with van der Waals surface area (Å²) in [7, 11) is -5.79. The second kappa shape index (κ2) is 14.6. The molecule has 0 N–H and O–H groups in total. The predicted molar refractivity (Wildman–Crippen MR) is 145 cm³/mol. The van der Waals surface area contributed by atoms with Gasteiger partial charge in [0, 0.05) is 0 Å². The van der Waals surface area contributed by atoms with Crippen molar-refractivity contribution >= 4 is 32.0 Å². The third kappa shape index (κ3) is 7.29. The first-order chi connectivity index (χ1) is 17.2. The van der Waals surface area contributed by atoms with Gasteiger partial charge in [-0.05, 0) is 0 Å². The van der Waals surface area contributed by atoms with Crippen LogP contribution in [0.2, 0.25) is 6.04 Å². The molecule has 8 heteroatoms. The molecule has 0 aliphatic heterocycles. The molecule has 0 heterocycles. The molecule has 35 heavy (non-hydrogen) atoms. The minimum absolute atomic E-state index is 0.358. The first-order valence-corrected chi connectivity index (χ1v) is 16.4. The van der Waals surface area contributed by atoms with Crippen LogP contribution in [0.15, 0.2) is 91.0 Å². The summed E-state index contributed by atoms with van der Waals surface area (Å²) in [5.74, 6) is 0. The van der Waals surface area contributed by atoms with Crippen molar-refractivity contribution in [2.75, 3.05) is 26.0 Å². The van der Waals surface area contributed by atoms with Gasteiger partial charge in [0.15, 0.2) is 0 Å². The first-order valence-electron chi connectivity index (χ1n) is 12.3. The van der Waals surface area contributed by atoms with Crippen LogP contribution in [0.5, 0.6) is 0 Å². The summed E-state index contributed by atoms with van der Waals surface area (Å²) < 4.78 is 17.0. The Kier molecular flexibility index (Phi) is 11.5. The van der Waals surface area contributed by atoms with E-state index in [1.54, 1.807) is 0 Å². The second-order valence-electron chi connectivity index (χ2n) is 8.01. The maximum absolute atomic E-state index is 5.67. The van der Waals surface area contributed by atoms with Gasteiger partial charge in [-0.2, -0.15) is 0 Å². The third-order valence-electron chi connectivity index (χ3n) is 5.75. The van der Waals surface area contributed by atoms with Gasteiger partial charge in [0.2, 0.25) is 0 Å². The van der Waals surface area contributed by atoms with Crippen LogP contribution in [0.25, 0.3) is 0 Å². The average molecular weight is 517 g/mol. The molecule has 0 amide bonds. The fraction of sp³-hybridized carbons (Fsp3) is 0.333. The SMILES string of the molecule is CCOO[Si](CCC[PH](c1ccccc1)(c1ccccc1)c1ccccc1)(OOCC)OOCC. The molecule has 0 radical (unpaired) electrons.